The minimum atomic E-state index is -1.02. The highest BCUT2D eigenvalue weighted by atomic mass is 19.1. The molecule has 2 heteroatoms. The van der Waals surface area contributed by atoms with Crippen LogP contribution in [0.15, 0.2) is 36.2 Å². The number of rotatable bonds is 2. The summed E-state index contributed by atoms with van der Waals surface area (Å²) >= 11 is 0. The molecule has 1 unspecified atom stereocenters. The summed E-state index contributed by atoms with van der Waals surface area (Å²) in [7, 11) is 0. The second-order valence-electron chi connectivity index (χ2n) is 2.62. The molecule has 1 N–H and O–H groups in total. The van der Waals surface area contributed by atoms with E-state index in [1.165, 1.54) is 13.0 Å². The van der Waals surface area contributed by atoms with Gasteiger partial charge >= 0.3 is 0 Å². The third kappa shape index (κ3) is 2.47. The molecule has 1 nitrogen and oxygen atoms in total. The molecule has 0 aliphatic carbocycles. The molecule has 12 heavy (non-hydrogen) atoms. The molecule has 0 heterocycles. The number of halogens is 1. The van der Waals surface area contributed by atoms with Crippen molar-refractivity contribution < 1.29 is 9.50 Å². The lowest BCUT2D eigenvalue weighted by Gasteiger charge is -1.99. The number of aliphatic hydroxyl groups is 1. The van der Waals surface area contributed by atoms with E-state index in [9.17, 15) is 4.39 Å². The summed E-state index contributed by atoms with van der Waals surface area (Å²) in [5.41, 5.74) is 0.760. The van der Waals surface area contributed by atoms with Crippen LogP contribution in [0.2, 0.25) is 0 Å². The molecule has 0 fully saturated rings. The van der Waals surface area contributed by atoms with Gasteiger partial charge in [0.15, 0.2) is 0 Å². The van der Waals surface area contributed by atoms with Crippen LogP contribution in [0.1, 0.15) is 12.5 Å². The van der Waals surface area contributed by atoms with Gasteiger partial charge in [-0.3, -0.25) is 0 Å². The van der Waals surface area contributed by atoms with Gasteiger partial charge < -0.3 is 5.11 Å². The highest BCUT2D eigenvalue weighted by molar-refractivity contribution is 5.51. The van der Waals surface area contributed by atoms with Crippen LogP contribution in [0.25, 0.3) is 6.08 Å². The third-order valence-corrected chi connectivity index (χ3v) is 1.50. The average molecular weight is 166 g/mol. The van der Waals surface area contributed by atoms with Gasteiger partial charge in [-0.2, -0.15) is 0 Å². The van der Waals surface area contributed by atoms with Crippen molar-refractivity contribution in [2.75, 3.05) is 0 Å². The molecule has 0 bridgehead atoms. The summed E-state index contributed by atoms with van der Waals surface area (Å²) in [6.45, 7) is 1.40. The highest BCUT2D eigenvalue weighted by Gasteiger charge is 2.01. The van der Waals surface area contributed by atoms with Crippen molar-refractivity contribution in [2.24, 2.45) is 0 Å². The van der Waals surface area contributed by atoms with Crippen LogP contribution in [0.4, 0.5) is 4.39 Å². The Hall–Kier alpha value is -1.15. The summed E-state index contributed by atoms with van der Waals surface area (Å²) in [4.78, 5) is 0. The first-order valence-corrected chi connectivity index (χ1v) is 3.80. The molecule has 0 saturated carbocycles. The highest BCUT2D eigenvalue weighted by Crippen LogP contribution is 2.10. The molecule has 1 aromatic rings. The van der Waals surface area contributed by atoms with Crippen molar-refractivity contribution in [3.63, 3.8) is 0 Å². The van der Waals surface area contributed by atoms with Crippen LogP contribution < -0.4 is 0 Å². The standard InChI is InChI=1S/C10H11FO/c1-8(12)10(11)7-9-5-3-2-4-6-9/h2-8,12H,1H3/b10-7-. The van der Waals surface area contributed by atoms with Gasteiger partial charge in [0.05, 0.1) is 0 Å². The second-order valence-corrected chi connectivity index (χ2v) is 2.62. The fraction of sp³-hybridized carbons (Fsp3) is 0.200. The van der Waals surface area contributed by atoms with Crippen molar-refractivity contribution >= 4 is 6.08 Å². The smallest absolute Gasteiger partial charge is 0.129 e. The van der Waals surface area contributed by atoms with Crippen LogP contribution in [0, 0.1) is 0 Å². The van der Waals surface area contributed by atoms with Gasteiger partial charge in [-0.05, 0) is 18.6 Å². The SMILES string of the molecule is CC(O)/C(F)=C/c1ccccc1. The molecule has 0 aliphatic rings. The van der Waals surface area contributed by atoms with Crippen molar-refractivity contribution in [1.29, 1.82) is 0 Å². The molecule has 0 spiro atoms. The van der Waals surface area contributed by atoms with E-state index in [1.54, 1.807) is 12.1 Å². The number of hydrogen-bond acceptors (Lipinski definition) is 1. The first-order valence-electron chi connectivity index (χ1n) is 3.80. The Morgan fingerprint density at radius 1 is 1.42 bits per heavy atom. The average Bonchev–Trinajstić information content (AvgIpc) is 2.06. The lowest BCUT2D eigenvalue weighted by Crippen LogP contribution is -1.98. The number of benzene rings is 1. The summed E-state index contributed by atoms with van der Waals surface area (Å²) in [5, 5.41) is 8.84. The quantitative estimate of drug-likeness (QED) is 0.715. The minimum absolute atomic E-state index is 0.513. The topological polar surface area (TPSA) is 20.2 Å². The maximum Gasteiger partial charge on any atom is 0.129 e. The second kappa shape index (κ2) is 4.02. The van der Waals surface area contributed by atoms with E-state index in [0.717, 1.165) is 5.56 Å². The summed E-state index contributed by atoms with van der Waals surface area (Å²) in [6, 6.07) is 9.06. The van der Waals surface area contributed by atoms with Crippen LogP contribution in [-0.4, -0.2) is 11.2 Å². The van der Waals surface area contributed by atoms with Crippen LogP contribution >= 0.6 is 0 Å². The van der Waals surface area contributed by atoms with Crippen LogP contribution in [0.3, 0.4) is 0 Å². The van der Waals surface area contributed by atoms with Gasteiger partial charge in [-0.15, -0.1) is 0 Å². The zero-order valence-corrected chi connectivity index (χ0v) is 6.87. The van der Waals surface area contributed by atoms with Gasteiger partial charge in [0.1, 0.15) is 11.9 Å². The Kier molecular flexibility index (Phi) is 3.00. The van der Waals surface area contributed by atoms with Gasteiger partial charge in [0.2, 0.25) is 0 Å². The largest absolute Gasteiger partial charge is 0.386 e. The van der Waals surface area contributed by atoms with E-state index in [2.05, 4.69) is 0 Å². The summed E-state index contributed by atoms with van der Waals surface area (Å²) in [6.07, 6.45) is 0.301. The maximum atomic E-state index is 12.8. The van der Waals surface area contributed by atoms with E-state index >= 15 is 0 Å². The van der Waals surface area contributed by atoms with Gasteiger partial charge in [-0.1, -0.05) is 30.3 Å². The van der Waals surface area contributed by atoms with Gasteiger partial charge in [-0.25, -0.2) is 4.39 Å². The molecule has 1 rings (SSSR count). The zero-order chi connectivity index (χ0) is 8.97. The Morgan fingerprint density at radius 2 is 2.00 bits per heavy atom. The molecular weight excluding hydrogens is 155 g/mol. The Bertz CT molecular complexity index is 264. The lowest BCUT2D eigenvalue weighted by molar-refractivity contribution is 0.203. The van der Waals surface area contributed by atoms with Gasteiger partial charge in [0.25, 0.3) is 0 Å². The van der Waals surface area contributed by atoms with E-state index < -0.39 is 11.9 Å². The predicted octanol–water partition coefficient (Wildman–Crippen LogP) is 2.38. The molecule has 0 aliphatic heterocycles. The van der Waals surface area contributed by atoms with E-state index in [1.807, 2.05) is 18.2 Å². The molecule has 0 radical (unpaired) electrons. The number of hydrogen-bond donors (Lipinski definition) is 1. The first kappa shape index (κ1) is 8.94. The number of aliphatic hydroxyl groups excluding tert-OH is 1. The van der Waals surface area contributed by atoms with Crippen molar-refractivity contribution in [3.8, 4) is 0 Å². The zero-order valence-electron chi connectivity index (χ0n) is 6.87. The summed E-state index contributed by atoms with van der Waals surface area (Å²) in [5.74, 6) is -0.513. The van der Waals surface area contributed by atoms with Crippen LogP contribution in [-0.2, 0) is 0 Å². The van der Waals surface area contributed by atoms with Crippen LogP contribution in [0.5, 0.6) is 0 Å². The van der Waals surface area contributed by atoms with E-state index in [4.69, 9.17) is 5.11 Å². The minimum Gasteiger partial charge on any atom is -0.386 e. The maximum absolute atomic E-state index is 12.8. The summed E-state index contributed by atoms with van der Waals surface area (Å²) < 4.78 is 12.8. The van der Waals surface area contributed by atoms with E-state index in [0.29, 0.717) is 0 Å². The molecule has 64 valence electrons. The Morgan fingerprint density at radius 3 is 2.50 bits per heavy atom. The molecule has 0 amide bonds. The normalized spacial score (nSPS) is 14.4. The van der Waals surface area contributed by atoms with Crippen molar-refractivity contribution in [3.05, 3.63) is 41.7 Å². The predicted molar refractivity (Wildman–Crippen MR) is 47.2 cm³/mol. The molecule has 1 atom stereocenters. The lowest BCUT2D eigenvalue weighted by atomic mass is 10.2. The third-order valence-electron chi connectivity index (χ3n) is 1.50. The Balaban J connectivity index is 2.81. The molecular formula is C10H11FO. The molecule has 0 saturated heterocycles. The molecule has 1 aromatic carbocycles. The van der Waals surface area contributed by atoms with Crippen molar-refractivity contribution in [1.82, 2.24) is 0 Å². The fourth-order valence-corrected chi connectivity index (χ4v) is 0.829. The van der Waals surface area contributed by atoms with Gasteiger partial charge in [0, 0.05) is 0 Å². The monoisotopic (exact) mass is 166 g/mol. The Labute approximate surface area is 71.2 Å². The van der Waals surface area contributed by atoms with E-state index in [-0.39, 0.29) is 0 Å². The fourth-order valence-electron chi connectivity index (χ4n) is 0.829. The van der Waals surface area contributed by atoms with Crippen molar-refractivity contribution in [2.45, 2.75) is 13.0 Å². The first-order chi connectivity index (χ1) is 5.70. The molecule has 0 aromatic heterocycles.